The Balaban J connectivity index is 3.13. The Bertz CT molecular complexity index is 337. The summed E-state index contributed by atoms with van der Waals surface area (Å²) in [6.45, 7) is 0. The highest BCUT2D eigenvalue weighted by Crippen LogP contribution is 2.29. The molecule has 2 atom stereocenters. The molecule has 0 radical (unpaired) electrons. The molecule has 2 unspecified atom stereocenters. The van der Waals surface area contributed by atoms with Gasteiger partial charge in [0, 0.05) is 21.4 Å². The molecule has 1 rings (SSSR count). The van der Waals surface area contributed by atoms with Crippen LogP contribution in [0.25, 0.3) is 0 Å². The fourth-order valence-corrected chi connectivity index (χ4v) is 2.11. The zero-order valence-corrected chi connectivity index (χ0v) is 10.6. The minimum Gasteiger partial charge on any atom is -0.389 e. The Labute approximate surface area is 102 Å². The fourth-order valence-electron chi connectivity index (χ4n) is 1.11. The summed E-state index contributed by atoms with van der Waals surface area (Å²) < 4.78 is 26.1. The molecule has 0 fully saturated rings. The Morgan fingerprint density at radius 3 is 2.33 bits per heavy atom. The standard InChI is InChI=1S/C9H8Br2F2O2/c10-3-7(14)9(15)8-5(11)1-4(12)2-6(8)13/h1-2,7,9,14-15H,3H2. The van der Waals surface area contributed by atoms with Crippen molar-refractivity contribution >= 4 is 31.9 Å². The Morgan fingerprint density at radius 2 is 1.87 bits per heavy atom. The van der Waals surface area contributed by atoms with Crippen LogP contribution in [0.2, 0.25) is 0 Å². The van der Waals surface area contributed by atoms with Crippen LogP contribution >= 0.6 is 31.9 Å². The minimum atomic E-state index is -1.40. The first-order valence-corrected chi connectivity index (χ1v) is 5.95. The summed E-state index contributed by atoms with van der Waals surface area (Å²) in [5.74, 6) is -1.64. The van der Waals surface area contributed by atoms with E-state index in [4.69, 9.17) is 0 Å². The van der Waals surface area contributed by atoms with Gasteiger partial charge in [-0.15, -0.1) is 0 Å². The van der Waals surface area contributed by atoms with Gasteiger partial charge in [-0.3, -0.25) is 0 Å². The van der Waals surface area contributed by atoms with Gasteiger partial charge >= 0.3 is 0 Å². The molecule has 0 aliphatic rings. The minimum absolute atomic E-state index is 0.0903. The van der Waals surface area contributed by atoms with Crippen LogP contribution in [0.15, 0.2) is 16.6 Å². The summed E-state index contributed by atoms with van der Waals surface area (Å²) in [5.41, 5.74) is -0.150. The molecule has 6 heteroatoms. The van der Waals surface area contributed by atoms with Crippen molar-refractivity contribution < 1.29 is 19.0 Å². The molecule has 15 heavy (non-hydrogen) atoms. The van der Waals surface area contributed by atoms with Gasteiger partial charge in [0.2, 0.25) is 0 Å². The van der Waals surface area contributed by atoms with E-state index in [9.17, 15) is 19.0 Å². The molecular formula is C9H8Br2F2O2. The van der Waals surface area contributed by atoms with E-state index in [2.05, 4.69) is 31.9 Å². The maximum absolute atomic E-state index is 13.3. The largest absolute Gasteiger partial charge is 0.389 e. The third kappa shape index (κ3) is 2.96. The van der Waals surface area contributed by atoms with E-state index >= 15 is 0 Å². The summed E-state index contributed by atoms with van der Waals surface area (Å²) in [7, 11) is 0. The number of rotatable bonds is 3. The van der Waals surface area contributed by atoms with E-state index in [0.29, 0.717) is 6.07 Å². The van der Waals surface area contributed by atoms with Gasteiger partial charge in [-0.1, -0.05) is 31.9 Å². The fraction of sp³-hybridized carbons (Fsp3) is 0.333. The molecular weight excluding hydrogens is 338 g/mol. The Morgan fingerprint density at radius 1 is 1.27 bits per heavy atom. The monoisotopic (exact) mass is 344 g/mol. The van der Waals surface area contributed by atoms with E-state index in [1.807, 2.05) is 0 Å². The van der Waals surface area contributed by atoms with Crippen LogP contribution in [0.5, 0.6) is 0 Å². The van der Waals surface area contributed by atoms with Crippen molar-refractivity contribution in [2.24, 2.45) is 0 Å². The summed E-state index contributed by atoms with van der Waals surface area (Å²) in [5, 5.41) is 19.0. The van der Waals surface area contributed by atoms with Crippen molar-refractivity contribution in [1.82, 2.24) is 0 Å². The third-order valence-corrected chi connectivity index (χ3v) is 3.18. The van der Waals surface area contributed by atoms with Crippen molar-refractivity contribution in [3.8, 4) is 0 Å². The molecule has 0 aliphatic heterocycles. The molecule has 1 aromatic rings. The average Bonchev–Trinajstić information content (AvgIpc) is 2.14. The van der Waals surface area contributed by atoms with Crippen molar-refractivity contribution in [3.05, 3.63) is 33.8 Å². The number of halogens is 4. The summed E-state index contributed by atoms with van der Waals surface area (Å²) in [6, 6.07) is 1.69. The third-order valence-electron chi connectivity index (χ3n) is 1.86. The molecule has 0 heterocycles. The van der Waals surface area contributed by atoms with E-state index in [1.165, 1.54) is 0 Å². The lowest BCUT2D eigenvalue weighted by Gasteiger charge is -2.17. The molecule has 0 aromatic heterocycles. The van der Waals surface area contributed by atoms with Gasteiger partial charge < -0.3 is 10.2 Å². The van der Waals surface area contributed by atoms with E-state index in [1.54, 1.807) is 0 Å². The quantitative estimate of drug-likeness (QED) is 0.826. The first-order valence-electron chi connectivity index (χ1n) is 4.04. The molecule has 0 amide bonds. The molecule has 0 bridgehead atoms. The van der Waals surface area contributed by atoms with Crippen LogP contribution < -0.4 is 0 Å². The highest BCUT2D eigenvalue weighted by Gasteiger charge is 2.23. The number of aliphatic hydroxyl groups excluding tert-OH is 2. The van der Waals surface area contributed by atoms with Crippen molar-refractivity contribution in [1.29, 1.82) is 0 Å². The SMILES string of the molecule is OC(CBr)C(O)c1c(F)cc(F)cc1Br. The number of benzene rings is 1. The molecule has 0 aliphatic carbocycles. The maximum Gasteiger partial charge on any atom is 0.133 e. The topological polar surface area (TPSA) is 40.5 Å². The lowest BCUT2D eigenvalue weighted by Crippen LogP contribution is -2.21. The van der Waals surface area contributed by atoms with E-state index < -0.39 is 23.8 Å². The van der Waals surface area contributed by atoms with Gasteiger partial charge in [0.05, 0.1) is 6.10 Å². The second kappa shape index (κ2) is 5.34. The highest BCUT2D eigenvalue weighted by atomic mass is 79.9. The van der Waals surface area contributed by atoms with Gasteiger partial charge in [-0.05, 0) is 6.07 Å². The highest BCUT2D eigenvalue weighted by molar-refractivity contribution is 9.10. The van der Waals surface area contributed by atoms with Gasteiger partial charge in [0.15, 0.2) is 0 Å². The Hall–Kier alpha value is -0.0400. The summed E-state index contributed by atoms with van der Waals surface area (Å²) in [6.07, 6.45) is -2.55. The van der Waals surface area contributed by atoms with E-state index in [0.717, 1.165) is 6.07 Å². The predicted octanol–water partition coefficient (Wildman–Crippen LogP) is 2.52. The molecule has 2 nitrogen and oxygen atoms in total. The second-order valence-corrected chi connectivity index (χ2v) is 4.45. The van der Waals surface area contributed by atoms with Crippen molar-refractivity contribution in [2.45, 2.75) is 12.2 Å². The number of aliphatic hydroxyl groups is 2. The summed E-state index contributed by atoms with van der Waals surface area (Å²) >= 11 is 5.88. The van der Waals surface area contributed by atoms with Gasteiger partial charge in [0.1, 0.15) is 17.7 Å². The lowest BCUT2D eigenvalue weighted by atomic mass is 10.0. The normalized spacial score (nSPS) is 15.1. The molecule has 0 saturated carbocycles. The maximum atomic E-state index is 13.3. The van der Waals surface area contributed by atoms with Crippen LogP contribution in [0.4, 0.5) is 8.78 Å². The van der Waals surface area contributed by atoms with Crippen molar-refractivity contribution in [3.63, 3.8) is 0 Å². The number of hydrogen-bond acceptors (Lipinski definition) is 2. The smallest absolute Gasteiger partial charge is 0.133 e. The number of alkyl halides is 1. The van der Waals surface area contributed by atoms with Crippen LogP contribution in [-0.4, -0.2) is 21.6 Å². The van der Waals surface area contributed by atoms with Gasteiger partial charge in [-0.25, -0.2) is 8.78 Å². The van der Waals surface area contributed by atoms with Crippen LogP contribution in [0, 0.1) is 11.6 Å². The molecule has 0 spiro atoms. The first kappa shape index (κ1) is 13.0. The number of hydrogen-bond donors (Lipinski definition) is 2. The molecule has 1 aromatic carbocycles. The van der Waals surface area contributed by atoms with Crippen LogP contribution in [-0.2, 0) is 0 Å². The van der Waals surface area contributed by atoms with Crippen LogP contribution in [0.3, 0.4) is 0 Å². The summed E-state index contributed by atoms with van der Waals surface area (Å²) in [4.78, 5) is 0. The zero-order valence-electron chi connectivity index (χ0n) is 7.42. The van der Waals surface area contributed by atoms with Crippen molar-refractivity contribution in [2.75, 3.05) is 5.33 Å². The molecule has 0 saturated heterocycles. The van der Waals surface area contributed by atoms with Gasteiger partial charge in [-0.2, -0.15) is 0 Å². The predicted molar refractivity (Wildman–Crippen MR) is 58.8 cm³/mol. The molecule has 84 valence electrons. The Kier molecular flexibility index (Phi) is 4.64. The average molecular weight is 346 g/mol. The van der Waals surface area contributed by atoms with Crippen LogP contribution in [0.1, 0.15) is 11.7 Å². The first-order chi connectivity index (χ1) is 6.97. The van der Waals surface area contributed by atoms with E-state index in [-0.39, 0.29) is 15.4 Å². The second-order valence-electron chi connectivity index (χ2n) is 2.95. The zero-order chi connectivity index (χ0) is 11.6. The molecule has 2 N–H and O–H groups in total. The lowest BCUT2D eigenvalue weighted by molar-refractivity contribution is 0.0314. The van der Waals surface area contributed by atoms with Gasteiger partial charge in [0.25, 0.3) is 0 Å².